The molecular weight excluding hydrogens is 390 g/mol. The molecule has 0 unspecified atom stereocenters. The van der Waals surface area contributed by atoms with Gasteiger partial charge in [0.1, 0.15) is 17.1 Å². The number of benzene rings is 2. The van der Waals surface area contributed by atoms with E-state index < -0.39 is 34.7 Å². The molecule has 0 spiro atoms. The molecule has 0 aliphatic carbocycles. The first kappa shape index (κ1) is 21.1. The van der Waals surface area contributed by atoms with Gasteiger partial charge in [-0.15, -0.1) is 0 Å². The van der Waals surface area contributed by atoms with E-state index in [-0.39, 0.29) is 11.3 Å². The second kappa shape index (κ2) is 8.00. The van der Waals surface area contributed by atoms with Gasteiger partial charge in [0, 0.05) is 11.3 Å². The van der Waals surface area contributed by atoms with Crippen molar-refractivity contribution >= 4 is 29.1 Å². The lowest BCUT2D eigenvalue weighted by atomic mass is 9.97. The Balaban J connectivity index is 2.20. The van der Waals surface area contributed by atoms with Gasteiger partial charge in [0.2, 0.25) is 0 Å². The summed E-state index contributed by atoms with van der Waals surface area (Å²) in [5, 5.41) is 22.1. The number of aliphatic hydroxyl groups is 2. The summed E-state index contributed by atoms with van der Waals surface area (Å²) in [6.45, 7) is 4.07. The van der Waals surface area contributed by atoms with Crippen LogP contribution < -0.4 is 9.64 Å². The largest absolute Gasteiger partial charge is 0.507 e. The molecule has 0 aromatic heterocycles. The third-order valence-corrected chi connectivity index (χ3v) is 4.73. The Morgan fingerprint density at radius 2 is 1.67 bits per heavy atom. The highest BCUT2D eigenvalue weighted by molar-refractivity contribution is 6.54. The first-order chi connectivity index (χ1) is 14.2. The number of esters is 1. The van der Waals surface area contributed by atoms with E-state index in [1.54, 1.807) is 24.3 Å². The molecule has 1 aliphatic heterocycles. The van der Waals surface area contributed by atoms with Gasteiger partial charge in [-0.2, -0.15) is 0 Å². The highest BCUT2D eigenvalue weighted by atomic mass is 16.5. The number of nitrogens with zero attached hydrogens (tertiary/aromatic N) is 1. The van der Waals surface area contributed by atoms with Crippen LogP contribution in [0.5, 0.6) is 5.75 Å². The normalized spacial score (nSPS) is 20.3. The number of hydrogen-bond acceptors (Lipinski definition) is 7. The first-order valence-electron chi connectivity index (χ1n) is 9.19. The Morgan fingerprint density at radius 3 is 2.20 bits per heavy atom. The van der Waals surface area contributed by atoms with E-state index in [1.807, 2.05) is 13.8 Å². The Labute approximate surface area is 173 Å². The lowest BCUT2D eigenvalue weighted by Gasteiger charge is -2.31. The number of methoxy groups -OCH3 is 1. The minimum Gasteiger partial charge on any atom is -0.507 e. The second-order valence-corrected chi connectivity index (χ2v) is 6.65. The molecule has 0 bridgehead atoms. The summed E-state index contributed by atoms with van der Waals surface area (Å²) < 4.78 is 10.0. The molecule has 2 N–H and O–H groups in total. The van der Waals surface area contributed by atoms with Crippen LogP contribution in [0.15, 0.2) is 54.1 Å². The molecule has 156 valence electrons. The maximum absolute atomic E-state index is 12.8. The summed E-state index contributed by atoms with van der Waals surface area (Å²) in [5.74, 6) is -3.85. The molecule has 30 heavy (non-hydrogen) atoms. The first-order valence-corrected chi connectivity index (χ1v) is 9.19. The van der Waals surface area contributed by atoms with Gasteiger partial charge in [-0.25, -0.2) is 4.79 Å². The summed E-state index contributed by atoms with van der Waals surface area (Å²) >= 11 is 0. The van der Waals surface area contributed by atoms with Gasteiger partial charge in [-0.1, -0.05) is 17.7 Å². The lowest BCUT2D eigenvalue weighted by Crippen LogP contribution is -2.54. The molecule has 0 radical (unpaired) electrons. The van der Waals surface area contributed by atoms with Crippen LogP contribution in [0.1, 0.15) is 18.1 Å². The second-order valence-electron chi connectivity index (χ2n) is 6.65. The van der Waals surface area contributed by atoms with Gasteiger partial charge < -0.3 is 19.7 Å². The van der Waals surface area contributed by atoms with Crippen molar-refractivity contribution in [3.8, 4) is 5.75 Å². The highest BCUT2D eigenvalue weighted by Gasteiger charge is 2.62. The van der Waals surface area contributed by atoms with E-state index in [9.17, 15) is 24.6 Å². The molecule has 8 heteroatoms. The van der Waals surface area contributed by atoms with Crippen LogP contribution in [0.3, 0.4) is 0 Å². The zero-order chi connectivity index (χ0) is 22.1. The Morgan fingerprint density at radius 1 is 1.07 bits per heavy atom. The maximum atomic E-state index is 12.8. The van der Waals surface area contributed by atoms with Crippen molar-refractivity contribution in [1.29, 1.82) is 0 Å². The van der Waals surface area contributed by atoms with Crippen LogP contribution >= 0.6 is 0 Å². The summed E-state index contributed by atoms with van der Waals surface area (Å²) in [6, 6.07) is 12.2. The van der Waals surface area contributed by atoms with Crippen LogP contribution in [0.4, 0.5) is 5.69 Å². The molecule has 1 heterocycles. The monoisotopic (exact) mass is 411 g/mol. The van der Waals surface area contributed by atoms with Crippen molar-refractivity contribution in [3.63, 3.8) is 0 Å². The summed E-state index contributed by atoms with van der Waals surface area (Å²) in [4.78, 5) is 38.7. The zero-order valence-corrected chi connectivity index (χ0v) is 16.7. The Bertz CT molecular complexity index is 1020. The third kappa shape index (κ3) is 3.31. The fourth-order valence-electron chi connectivity index (χ4n) is 3.25. The lowest BCUT2D eigenvalue weighted by molar-refractivity contribution is -0.158. The van der Waals surface area contributed by atoms with Crippen LogP contribution in [0.2, 0.25) is 0 Å². The molecule has 1 atom stereocenters. The van der Waals surface area contributed by atoms with Gasteiger partial charge in [0.15, 0.2) is 0 Å². The molecule has 2 aromatic carbocycles. The van der Waals surface area contributed by atoms with E-state index >= 15 is 0 Å². The average molecular weight is 411 g/mol. The molecular formula is C22H21NO7. The number of amides is 1. The molecule has 1 amide bonds. The number of carbonyl (C=O) groups is 3. The van der Waals surface area contributed by atoms with Crippen molar-refractivity contribution in [2.24, 2.45) is 0 Å². The van der Waals surface area contributed by atoms with Gasteiger partial charge in [0.05, 0.1) is 13.7 Å². The van der Waals surface area contributed by atoms with Crippen molar-refractivity contribution in [1.82, 2.24) is 0 Å². The number of ketones is 1. The zero-order valence-electron chi connectivity index (χ0n) is 16.7. The number of aryl methyl sites for hydroxylation is 1. The van der Waals surface area contributed by atoms with Crippen molar-refractivity contribution in [2.45, 2.75) is 19.6 Å². The van der Waals surface area contributed by atoms with Crippen LogP contribution in [-0.4, -0.2) is 47.3 Å². The third-order valence-electron chi connectivity index (χ3n) is 4.73. The smallest absolute Gasteiger partial charge is 0.365 e. The van der Waals surface area contributed by atoms with Gasteiger partial charge in [0.25, 0.3) is 11.5 Å². The molecule has 2 aromatic rings. The van der Waals surface area contributed by atoms with Gasteiger partial charge in [-0.3, -0.25) is 14.5 Å². The molecule has 8 nitrogen and oxygen atoms in total. The molecule has 1 saturated heterocycles. The summed E-state index contributed by atoms with van der Waals surface area (Å²) in [7, 11) is 1.01. The highest BCUT2D eigenvalue weighted by Crippen LogP contribution is 2.40. The Hall–Kier alpha value is -3.65. The summed E-state index contributed by atoms with van der Waals surface area (Å²) in [5.41, 5.74) is -2.53. The van der Waals surface area contributed by atoms with Gasteiger partial charge >= 0.3 is 11.9 Å². The maximum Gasteiger partial charge on any atom is 0.365 e. The number of ether oxygens (including phenoxy) is 2. The molecule has 1 fully saturated rings. The SMILES string of the molecule is CCOc1ccc(C(O)=C2C(=O)C(=O)N(c3ccc(C)cc3)[C@@]2(O)C(=O)OC)cc1. The molecule has 1 aliphatic rings. The minimum absolute atomic E-state index is 0.0985. The average Bonchev–Trinajstić information content (AvgIpc) is 2.95. The molecule has 0 saturated carbocycles. The number of hydrogen-bond donors (Lipinski definition) is 2. The standard InChI is InChI=1S/C22H21NO7/c1-4-30-16-11-7-14(8-12-16)18(24)17-19(25)20(26)23(22(17,28)21(27)29-3)15-9-5-13(2)6-10-15/h5-12,24,28H,4H2,1-3H3/t22-/m0/s1. The van der Waals surface area contributed by atoms with E-state index in [1.165, 1.54) is 24.3 Å². The van der Waals surface area contributed by atoms with E-state index in [4.69, 9.17) is 4.74 Å². The topological polar surface area (TPSA) is 113 Å². The molecule has 3 rings (SSSR count). The number of rotatable bonds is 5. The minimum atomic E-state index is -2.83. The van der Waals surface area contributed by atoms with Gasteiger partial charge in [-0.05, 0) is 50.2 Å². The van der Waals surface area contributed by atoms with E-state index in [2.05, 4.69) is 4.74 Å². The van der Waals surface area contributed by atoms with Crippen molar-refractivity contribution < 1.29 is 34.1 Å². The fraction of sp³-hybridized carbons (Fsp3) is 0.227. The van der Waals surface area contributed by atoms with Crippen LogP contribution in [0, 0.1) is 6.92 Å². The van der Waals surface area contributed by atoms with E-state index in [0.717, 1.165) is 12.7 Å². The Kier molecular flexibility index (Phi) is 5.62. The summed E-state index contributed by atoms with van der Waals surface area (Å²) in [6.07, 6.45) is 0. The van der Waals surface area contributed by atoms with E-state index in [0.29, 0.717) is 17.3 Å². The number of aliphatic hydroxyl groups excluding tert-OH is 1. The predicted molar refractivity (Wildman–Crippen MR) is 108 cm³/mol. The number of Topliss-reactive ketones (excluding diaryl/α,β-unsaturated/α-hetero) is 1. The van der Waals surface area contributed by atoms with Crippen molar-refractivity contribution in [3.05, 3.63) is 65.2 Å². The quantitative estimate of drug-likeness (QED) is 0.335. The number of carbonyl (C=O) groups excluding carboxylic acids is 3. The predicted octanol–water partition coefficient (Wildman–Crippen LogP) is 2.14. The fourth-order valence-corrected chi connectivity index (χ4v) is 3.25. The van der Waals surface area contributed by atoms with Crippen LogP contribution in [-0.2, 0) is 19.1 Å². The van der Waals surface area contributed by atoms with Crippen molar-refractivity contribution in [2.75, 3.05) is 18.6 Å². The van der Waals surface area contributed by atoms with Crippen LogP contribution in [0.25, 0.3) is 5.76 Å². The number of anilines is 1.